The summed E-state index contributed by atoms with van der Waals surface area (Å²) in [7, 11) is 0. The monoisotopic (exact) mass is 240 g/mol. The second-order valence-electron chi connectivity index (χ2n) is 4.41. The van der Waals surface area contributed by atoms with Crippen LogP contribution in [0.15, 0.2) is 34.7 Å². The van der Waals surface area contributed by atoms with Crippen molar-refractivity contribution in [1.29, 1.82) is 0 Å². The molecule has 1 aromatic heterocycles. The minimum absolute atomic E-state index is 0.405. The van der Waals surface area contributed by atoms with Crippen molar-refractivity contribution in [3.05, 3.63) is 47.2 Å². The number of furan rings is 1. The van der Waals surface area contributed by atoms with E-state index in [0.29, 0.717) is 16.9 Å². The average Bonchev–Trinajstić information content (AvgIpc) is 2.81. The van der Waals surface area contributed by atoms with Gasteiger partial charge in [-0.25, -0.2) is 0 Å². The highest BCUT2D eigenvalue weighted by Gasteiger charge is 2.33. The molecule has 0 amide bonds. The number of ketones is 2. The Morgan fingerprint density at radius 1 is 1.00 bits per heavy atom. The molecule has 1 aromatic carbocycles. The van der Waals surface area contributed by atoms with E-state index >= 15 is 0 Å². The molecule has 0 atom stereocenters. The Hall–Kier alpha value is -2.16. The molecule has 0 aliphatic heterocycles. The first-order valence-corrected chi connectivity index (χ1v) is 6.03. The predicted molar refractivity (Wildman–Crippen MR) is 66.8 cm³/mol. The third kappa shape index (κ3) is 1.44. The first-order valence-electron chi connectivity index (χ1n) is 6.03. The van der Waals surface area contributed by atoms with Crippen molar-refractivity contribution >= 4 is 11.6 Å². The lowest BCUT2D eigenvalue weighted by Gasteiger charge is -2.12. The number of hydrogen-bond donors (Lipinski definition) is 0. The zero-order chi connectivity index (χ0) is 12.7. The van der Waals surface area contributed by atoms with E-state index in [9.17, 15) is 9.59 Å². The van der Waals surface area contributed by atoms with Crippen molar-refractivity contribution in [2.45, 2.75) is 19.8 Å². The van der Waals surface area contributed by atoms with Crippen LogP contribution in [0.4, 0.5) is 0 Å². The minimum Gasteiger partial charge on any atom is -0.460 e. The van der Waals surface area contributed by atoms with E-state index in [0.717, 1.165) is 24.2 Å². The molecule has 3 rings (SSSR count). The van der Waals surface area contributed by atoms with Gasteiger partial charge in [-0.15, -0.1) is 0 Å². The maximum absolute atomic E-state index is 12.0. The number of rotatable bonds is 2. The highest BCUT2D eigenvalue weighted by Crippen LogP contribution is 2.35. The van der Waals surface area contributed by atoms with E-state index in [1.54, 1.807) is 18.2 Å². The smallest absolute Gasteiger partial charge is 0.237 e. The number of benzene rings is 1. The fourth-order valence-corrected chi connectivity index (χ4v) is 2.30. The molecular formula is C15H12O3. The molecule has 0 saturated carbocycles. The lowest BCUT2D eigenvalue weighted by Crippen LogP contribution is -2.19. The second kappa shape index (κ2) is 3.95. The maximum Gasteiger partial charge on any atom is 0.237 e. The topological polar surface area (TPSA) is 47.3 Å². The number of carbonyl (C=O) groups excluding carboxylic acids is 2. The molecule has 2 aromatic rings. The number of fused-ring (bicyclic) bond motifs is 3. The summed E-state index contributed by atoms with van der Waals surface area (Å²) < 4.78 is 5.72. The standard InChI is InChI=1S/C15H12O3/c1-2-5-9-8-12-14(17)13(16)10-6-3-4-7-11(10)15(12)18-9/h3-4,6-8H,2,5H2,1H3. The van der Waals surface area contributed by atoms with Crippen LogP contribution < -0.4 is 0 Å². The fourth-order valence-electron chi connectivity index (χ4n) is 2.30. The summed E-state index contributed by atoms with van der Waals surface area (Å²) in [5.41, 5.74) is 1.56. The second-order valence-corrected chi connectivity index (χ2v) is 4.41. The minimum atomic E-state index is -0.463. The Bertz CT molecular complexity index is 650. The van der Waals surface area contributed by atoms with Crippen molar-refractivity contribution in [2.24, 2.45) is 0 Å². The van der Waals surface area contributed by atoms with E-state index in [-0.39, 0.29) is 0 Å². The first kappa shape index (κ1) is 11.0. The molecule has 0 spiro atoms. The summed E-state index contributed by atoms with van der Waals surface area (Å²) in [6, 6.07) is 8.78. The Balaban J connectivity index is 2.24. The van der Waals surface area contributed by atoms with E-state index in [1.165, 1.54) is 0 Å². The molecule has 0 fully saturated rings. The summed E-state index contributed by atoms with van der Waals surface area (Å²) >= 11 is 0. The summed E-state index contributed by atoms with van der Waals surface area (Å²) in [5, 5.41) is 0. The van der Waals surface area contributed by atoms with E-state index < -0.39 is 11.6 Å². The van der Waals surface area contributed by atoms with Crippen LogP contribution in [-0.2, 0) is 6.42 Å². The van der Waals surface area contributed by atoms with E-state index in [1.807, 2.05) is 19.1 Å². The largest absolute Gasteiger partial charge is 0.460 e. The first-order chi connectivity index (χ1) is 8.72. The van der Waals surface area contributed by atoms with Crippen molar-refractivity contribution in [1.82, 2.24) is 0 Å². The summed E-state index contributed by atoms with van der Waals surface area (Å²) in [6.07, 6.45) is 1.72. The quantitative estimate of drug-likeness (QED) is 0.757. The van der Waals surface area contributed by atoms with Crippen LogP contribution in [0.25, 0.3) is 11.3 Å². The van der Waals surface area contributed by atoms with Gasteiger partial charge in [0.25, 0.3) is 0 Å². The molecule has 18 heavy (non-hydrogen) atoms. The maximum atomic E-state index is 12.0. The van der Waals surface area contributed by atoms with E-state index in [2.05, 4.69) is 0 Å². The van der Waals surface area contributed by atoms with Gasteiger partial charge >= 0.3 is 0 Å². The van der Waals surface area contributed by atoms with Crippen molar-refractivity contribution < 1.29 is 14.0 Å². The molecule has 3 heteroatoms. The Morgan fingerprint density at radius 2 is 1.67 bits per heavy atom. The highest BCUT2D eigenvalue weighted by molar-refractivity contribution is 6.52. The van der Waals surface area contributed by atoms with Gasteiger partial charge in [0.1, 0.15) is 11.5 Å². The number of carbonyl (C=O) groups is 2. The summed E-state index contributed by atoms with van der Waals surface area (Å²) in [4.78, 5) is 23.9. The molecule has 3 nitrogen and oxygen atoms in total. The number of Topliss-reactive ketones (excluding diaryl/α,β-unsaturated/α-hetero) is 2. The van der Waals surface area contributed by atoms with Crippen LogP contribution in [-0.4, -0.2) is 11.6 Å². The van der Waals surface area contributed by atoms with Gasteiger partial charge in [0, 0.05) is 17.5 Å². The number of aryl methyl sites for hydroxylation is 1. The van der Waals surface area contributed by atoms with Crippen molar-refractivity contribution in [3.8, 4) is 11.3 Å². The van der Waals surface area contributed by atoms with Crippen molar-refractivity contribution in [2.75, 3.05) is 0 Å². The van der Waals surface area contributed by atoms with Crippen LogP contribution in [0.3, 0.4) is 0 Å². The van der Waals surface area contributed by atoms with Crippen molar-refractivity contribution in [3.63, 3.8) is 0 Å². The SMILES string of the molecule is CCCc1cc2c(o1)-c1ccccc1C(=O)C2=O. The van der Waals surface area contributed by atoms with E-state index in [4.69, 9.17) is 4.42 Å². The van der Waals surface area contributed by atoms with Gasteiger partial charge < -0.3 is 4.42 Å². The highest BCUT2D eigenvalue weighted by atomic mass is 16.3. The lowest BCUT2D eigenvalue weighted by molar-refractivity contribution is 0.0814. The summed E-state index contributed by atoms with van der Waals surface area (Å²) in [5.74, 6) is 0.399. The van der Waals surface area contributed by atoms with Crippen LogP contribution >= 0.6 is 0 Å². The van der Waals surface area contributed by atoms with Crippen LogP contribution in [0, 0.1) is 0 Å². The Labute approximate surface area is 104 Å². The van der Waals surface area contributed by atoms with Gasteiger partial charge in [-0.05, 0) is 12.5 Å². The normalized spacial score (nSPS) is 13.4. The lowest BCUT2D eigenvalue weighted by atomic mass is 9.89. The van der Waals surface area contributed by atoms with Gasteiger partial charge in [-0.2, -0.15) is 0 Å². The molecule has 0 saturated heterocycles. The molecule has 0 radical (unpaired) electrons. The Kier molecular flexibility index (Phi) is 2.40. The molecule has 90 valence electrons. The van der Waals surface area contributed by atoms with Gasteiger partial charge in [0.05, 0.1) is 5.56 Å². The van der Waals surface area contributed by atoms with Gasteiger partial charge in [0.2, 0.25) is 11.6 Å². The number of hydrogen-bond acceptors (Lipinski definition) is 3. The third-order valence-corrected chi connectivity index (χ3v) is 3.15. The van der Waals surface area contributed by atoms with Gasteiger partial charge in [-0.1, -0.05) is 31.2 Å². The van der Waals surface area contributed by atoms with Gasteiger partial charge in [-0.3, -0.25) is 9.59 Å². The molecular weight excluding hydrogens is 228 g/mol. The fraction of sp³-hybridized carbons (Fsp3) is 0.200. The molecule has 0 unspecified atom stereocenters. The third-order valence-electron chi connectivity index (χ3n) is 3.15. The van der Waals surface area contributed by atoms with Crippen LogP contribution in [0.1, 0.15) is 39.8 Å². The van der Waals surface area contributed by atoms with Crippen LogP contribution in [0.5, 0.6) is 0 Å². The molecule has 1 aliphatic rings. The zero-order valence-corrected chi connectivity index (χ0v) is 10.0. The molecule has 1 aliphatic carbocycles. The molecule has 1 heterocycles. The van der Waals surface area contributed by atoms with Gasteiger partial charge in [0.15, 0.2) is 0 Å². The predicted octanol–water partition coefficient (Wildman–Crippen LogP) is 3.28. The molecule has 0 N–H and O–H groups in total. The summed E-state index contributed by atoms with van der Waals surface area (Å²) in [6.45, 7) is 2.04. The average molecular weight is 240 g/mol. The zero-order valence-electron chi connectivity index (χ0n) is 10.0. The molecule has 0 bridgehead atoms. The Morgan fingerprint density at radius 3 is 2.39 bits per heavy atom. The van der Waals surface area contributed by atoms with Crippen LogP contribution in [0.2, 0.25) is 0 Å².